The highest BCUT2D eigenvalue weighted by molar-refractivity contribution is 7.07. The number of nitrogens with zero attached hydrogens (tertiary/aromatic N) is 1. The van der Waals surface area contributed by atoms with Crippen LogP contribution in [0.1, 0.15) is 11.1 Å². The summed E-state index contributed by atoms with van der Waals surface area (Å²) in [6, 6.07) is 10.7. The topological polar surface area (TPSA) is 24.9 Å². The highest BCUT2D eigenvalue weighted by atomic mass is 32.1. The number of rotatable bonds is 5. The molecular formula is C16H16N2S. The van der Waals surface area contributed by atoms with Gasteiger partial charge in [0, 0.05) is 24.3 Å². The van der Waals surface area contributed by atoms with Crippen LogP contribution in [0.15, 0.2) is 53.5 Å². The summed E-state index contributed by atoms with van der Waals surface area (Å²) in [5, 5.41) is 10.4. The van der Waals surface area contributed by atoms with E-state index >= 15 is 0 Å². The molecule has 0 aliphatic rings. The number of pyridine rings is 1. The normalized spacial score (nSPS) is 10.9. The second kappa shape index (κ2) is 5.95. The second-order valence-electron chi connectivity index (χ2n) is 4.57. The summed E-state index contributed by atoms with van der Waals surface area (Å²) in [7, 11) is 0. The van der Waals surface area contributed by atoms with E-state index in [-0.39, 0.29) is 0 Å². The minimum absolute atomic E-state index is 0.908. The molecule has 0 fully saturated rings. The molecule has 2 nitrogen and oxygen atoms in total. The van der Waals surface area contributed by atoms with Gasteiger partial charge in [-0.2, -0.15) is 11.3 Å². The lowest BCUT2D eigenvalue weighted by Crippen LogP contribution is -2.16. The Morgan fingerprint density at radius 2 is 2.16 bits per heavy atom. The summed E-state index contributed by atoms with van der Waals surface area (Å²) in [4.78, 5) is 4.16. The third kappa shape index (κ3) is 3.00. The largest absolute Gasteiger partial charge is 0.312 e. The zero-order chi connectivity index (χ0) is 12.9. The van der Waals surface area contributed by atoms with E-state index in [4.69, 9.17) is 0 Å². The smallest absolute Gasteiger partial charge is 0.0346 e. The Bertz CT molecular complexity index is 641. The number of hydrogen-bond donors (Lipinski definition) is 1. The molecule has 2 aromatic heterocycles. The summed E-state index contributed by atoms with van der Waals surface area (Å²) in [5.41, 5.74) is 2.75. The fourth-order valence-electron chi connectivity index (χ4n) is 2.23. The van der Waals surface area contributed by atoms with Gasteiger partial charge in [-0.15, -0.1) is 0 Å². The van der Waals surface area contributed by atoms with Crippen LogP contribution in [0.2, 0.25) is 0 Å². The molecule has 3 aromatic rings. The Morgan fingerprint density at radius 3 is 3.05 bits per heavy atom. The quantitative estimate of drug-likeness (QED) is 0.715. The van der Waals surface area contributed by atoms with Crippen LogP contribution in [-0.4, -0.2) is 11.5 Å². The average Bonchev–Trinajstić information content (AvgIpc) is 2.97. The Morgan fingerprint density at radius 1 is 1.16 bits per heavy atom. The average molecular weight is 268 g/mol. The summed E-state index contributed by atoms with van der Waals surface area (Å²) < 4.78 is 0. The van der Waals surface area contributed by atoms with Crippen LogP contribution in [0.25, 0.3) is 10.8 Å². The Labute approximate surface area is 117 Å². The number of nitrogens with one attached hydrogen (secondary N) is 1. The van der Waals surface area contributed by atoms with E-state index in [1.807, 2.05) is 12.4 Å². The molecule has 0 radical (unpaired) electrons. The standard InChI is InChI=1S/C16H16N2S/c1-2-14(16-5-8-18-11-15(16)3-1)10-17-7-4-13-6-9-19-12-13/h1-3,5-6,8-9,11-12,17H,4,7,10H2. The van der Waals surface area contributed by atoms with Crippen molar-refractivity contribution in [2.45, 2.75) is 13.0 Å². The zero-order valence-corrected chi connectivity index (χ0v) is 11.5. The Hall–Kier alpha value is -1.71. The molecule has 1 N–H and O–H groups in total. The first-order valence-electron chi connectivity index (χ1n) is 6.47. The summed E-state index contributed by atoms with van der Waals surface area (Å²) in [6.07, 6.45) is 4.87. The molecule has 0 bridgehead atoms. The fourth-order valence-corrected chi connectivity index (χ4v) is 2.94. The maximum atomic E-state index is 4.16. The van der Waals surface area contributed by atoms with Gasteiger partial charge in [-0.3, -0.25) is 4.98 Å². The fraction of sp³-hybridized carbons (Fsp3) is 0.188. The third-order valence-electron chi connectivity index (χ3n) is 3.26. The molecule has 0 unspecified atom stereocenters. The zero-order valence-electron chi connectivity index (χ0n) is 10.7. The van der Waals surface area contributed by atoms with Crippen molar-refractivity contribution < 1.29 is 0 Å². The Kier molecular flexibility index (Phi) is 3.86. The van der Waals surface area contributed by atoms with Crippen molar-refractivity contribution in [1.82, 2.24) is 10.3 Å². The van der Waals surface area contributed by atoms with Crippen LogP contribution in [0, 0.1) is 0 Å². The van der Waals surface area contributed by atoms with Crippen LogP contribution in [0.4, 0.5) is 0 Å². The number of hydrogen-bond acceptors (Lipinski definition) is 3. The molecule has 96 valence electrons. The van der Waals surface area contributed by atoms with Gasteiger partial charge in [-0.25, -0.2) is 0 Å². The van der Waals surface area contributed by atoms with Crippen molar-refractivity contribution >= 4 is 22.1 Å². The molecule has 0 aliphatic carbocycles. The molecule has 1 aromatic carbocycles. The van der Waals surface area contributed by atoms with Crippen molar-refractivity contribution in [3.05, 3.63) is 64.6 Å². The molecule has 0 saturated heterocycles. The van der Waals surface area contributed by atoms with Gasteiger partial charge in [0.1, 0.15) is 0 Å². The maximum Gasteiger partial charge on any atom is 0.0346 e. The molecular weight excluding hydrogens is 252 g/mol. The number of fused-ring (bicyclic) bond motifs is 1. The first-order chi connectivity index (χ1) is 9.43. The second-order valence-corrected chi connectivity index (χ2v) is 5.35. The molecule has 0 amide bonds. The van der Waals surface area contributed by atoms with E-state index in [0.29, 0.717) is 0 Å². The molecule has 0 spiro atoms. The Balaban J connectivity index is 1.62. The maximum absolute atomic E-state index is 4.16. The van der Waals surface area contributed by atoms with Crippen molar-refractivity contribution in [2.75, 3.05) is 6.54 Å². The first-order valence-corrected chi connectivity index (χ1v) is 7.41. The van der Waals surface area contributed by atoms with Crippen molar-refractivity contribution in [3.63, 3.8) is 0 Å². The minimum Gasteiger partial charge on any atom is -0.312 e. The van der Waals surface area contributed by atoms with Crippen molar-refractivity contribution in [1.29, 1.82) is 0 Å². The van der Waals surface area contributed by atoms with Crippen LogP contribution < -0.4 is 5.32 Å². The third-order valence-corrected chi connectivity index (χ3v) is 3.99. The van der Waals surface area contributed by atoms with E-state index in [1.165, 1.54) is 21.9 Å². The monoisotopic (exact) mass is 268 g/mol. The predicted octanol–water partition coefficient (Wildman–Crippen LogP) is 3.63. The van der Waals surface area contributed by atoms with E-state index in [0.717, 1.165) is 19.5 Å². The van der Waals surface area contributed by atoms with Gasteiger partial charge in [0.15, 0.2) is 0 Å². The lowest BCUT2D eigenvalue weighted by molar-refractivity contribution is 0.690. The highest BCUT2D eigenvalue weighted by Crippen LogP contribution is 2.17. The van der Waals surface area contributed by atoms with E-state index < -0.39 is 0 Å². The van der Waals surface area contributed by atoms with Crippen LogP contribution in [0.5, 0.6) is 0 Å². The SMILES string of the molecule is c1cc(CNCCc2ccsc2)c2ccncc2c1. The summed E-state index contributed by atoms with van der Waals surface area (Å²) >= 11 is 1.76. The van der Waals surface area contributed by atoms with Crippen LogP contribution in [0.3, 0.4) is 0 Å². The van der Waals surface area contributed by atoms with Crippen LogP contribution in [-0.2, 0) is 13.0 Å². The van der Waals surface area contributed by atoms with Gasteiger partial charge >= 0.3 is 0 Å². The predicted molar refractivity (Wildman–Crippen MR) is 81.5 cm³/mol. The van der Waals surface area contributed by atoms with E-state index in [9.17, 15) is 0 Å². The molecule has 3 heteroatoms. The van der Waals surface area contributed by atoms with Gasteiger partial charge < -0.3 is 5.32 Å². The molecule has 0 saturated carbocycles. The van der Waals surface area contributed by atoms with Gasteiger partial charge in [0.25, 0.3) is 0 Å². The minimum atomic E-state index is 0.908. The highest BCUT2D eigenvalue weighted by Gasteiger charge is 2.00. The molecule has 2 heterocycles. The first kappa shape index (κ1) is 12.3. The number of aromatic nitrogens is 1. The molecule has 0 aliphatic heterocycles. The lowest BCUT2D eigenvalue weighted by Gasteiger charge is -2.07. The summed E-state index contributed by atoms with van der Waals surface area (Å²) in [6.45, 7) is 1.92. The number of benzene rings is 1. The molecule has 0 atom stereocenters. The van der Waals surface area contributed by atoms with Gasteiger partial charge in [-0.05, 0) is 52.4 Å². The molecule has 3 rings (SSSR count). The van der Waals surface area contributed by atoms with Gasteiger partial charge in [0.05, 0.1) is 0 Å². The van der Waals surface area contributed by atoms with Gasteiger partial charge in [0.2, 0.25) is 0 Å². The van der Waals surface area contributed by atoms with Gasteiger partial charge in [-0.1, -0.05) is 18.2 Å². The summed E-state index contributed by atoms with van der Waals surface area (Å²) in [5.74, 6) is 0. The van der Waals surface area contributed by atoms with Crippen molar-refractivity contribution in [2.24, 2.45) is 0 Å². The van der Waals surface area contributed by atoms with Crippen molar-refractivity contribution in [3.8, 4) is 0 Å². The molecule has 19 heavy (non-hydrogen) atoms. The van der Waals surface area contributed by atoms with Crippen LogP contribution >= 0.6 is 11.3 Å². The van der Waals surface area contributed by atoms with E-state index in [2.05, 4.69) is 51.4 Å². The lowest BCUT2D eigenvalue weighted by atomic mass is 10.1. The van der Waals surface area contributed by atoms with E-state index in [1.54, 1.807) is 11.3 Å². The number of thiophene rings is 1.